The monoisotopic (exact) mass is 226 g/mol. The molecule has 0 aliphatic carbocycles. The van der Waals surface area contributed by atoms with Crippen LogP contribution < -0.4 is 9.47 Å². The van der Waals surface area contributed by atoms with E-state index in [2.05, 4.69) is 19.1 Å². The number of ether oxygens (including phenoxy) is 2. The predicted molar refractivity (Wildman–Crippen MR) is 65.3 cm³/mol. The molecule has 0 aromatic heterocycles. The molecule has 0 aliphatic rings. The first kappa shape index (κ1) is 12.2. The predicted octanol–water partition coefficient (Wildman–Crippen LogP) is 3.38. The molecule has 0 heterocycles. The third-order valence-electron chi connectivity index (χ3n) is 2.26. The van der Waals surface area contributed by atoms with Gasteiger partial charge in [0.1, 0.15) is 0 Å². The normalized spacial score (nSPS) is 10.1. The zero-order valence-corrected chi connectivity index (χ0v) is 10.6. The second-order valence-corrected chi connectivity index (χ2v) is 4.13. The molecular formula is C12H18O2S. The molecular weight excluding hydrogens is 208 g/mol. The minimum absolute atomic E-state index is 0.827. The van der Waals surface area contributed by atoms with Crippen molar-refractivity contribution in [3.05, 3.63) is 17.7 Å². The smallest absolute Gasteiger partial charge is 0.174 e. The number of methoxy groups -OCH3 is 2. The number of rotatable bonds is 5. The number of hydrogen-bond donors (Lipinski definition) is 0. The second kappa shape index (κ2) is 5.91. The fraction of sp³-hybridized carbons (Fsp3) is 0.500. The molecule has 1 aromatic rings. The van der Waals surface area contributed by atoms with Crippen LogP contribution in [0.25, 0.3) is 0 Å². The average Bonchev–Trinajstić information content (AvgIpc) is 2.28. The van der Waals surface area contributed by atoms with E-state index in [0.29, 0.717) is 0 Å². The zero-order chi connectivity index (χ0) is 11.3. The number of hydrogen-bond acceptors (Lipinski definition) is 3. The molecule has 0 radical (unpaired) electrons. The van der Waals surface area contributed by atoms with E-state index < -0.39 is 0 Å². The summed E-state index contributed by atoms with van der Waals surface area (Å²) in [6.07, 6.45) is 4.27. The highest BCUT2D eigenvalue weighted by molar-refractivity contribution is 7.98. The minimum Gasteiger partial charge on any atom is -0.493 e. The number of benzene rings is 1. The summed E-state index contributed by atoms with van der Waals surface area (Å²) in [5, 5.41) is 0. The second-order valence-electron chi connectivity index (χ2n) is 3.28. The van der Waals surface area contributed by atoms with Crippen molar-refractivity contribution < 1.29 is 9.47 Å². The summed E-state index contributed by atoms with van der Waals surface area (Å²) < 4.78 is 10.7. The lowest BCUT2D eigenvalue weighted by Gasteiger charge is -2.13. The topological polar surface area (TPSA) is 18.5 Å². The van der Waals surface area contributed by atoms with E-state index in [1.807, 2.05) is 6.26 Å². The summed E-state index contributed by atoms with van der Waals surface area (Å²) in [6, 6.07) is 4.23. The van der Waals surface area contributed by atoms with Gasteiger partial charge < -0.3 is 9.47 Å². The Morgan fingerprint density at radius 1 is 1.20 bits per heavy atom. The zero-order valence-electron chi connectivity index (χ0n) is 9.79. The number of thioether (sulfide) groups is 1. The summed E-state index contributed by atoms with van der Waals surface area (Å²) in [5.41, 5.74) is 1.31. The maximum Gasteiger partial charge on any atom is 0.174 e. The molecule has 15 heavy (non-hydrogen) atoms. The minimum atomic E-state index is 0.827. The molecule has 0 unspecified atom stereocenters. The quantitative estimate of drug-likeness (QED) is 0.717. The Labute approximate surface area is 96.0 Å². The van der Waals surface area contributed by atoms with Gasteiger partial charge in [0, 0.05) is 0 Å². The lowest BCUT2D eigenvalue weighted by molar-refractivity contribution is 0.347. The van der Waals surface area contributed by atoms with Crippen molar-refractivity contribution in [2.24, 2.45) is 0 Å². The highest BCUT2D eigenvalue weighted by Gasteiger charge is 2.11. The Kier molecular flexibility index (Phi) is 4.82. The van der Waals surface area contributed by atoms with E-state index in [0.717, 1.165) is 29.2 Å². The molecule has 1 rings (SSSR count). The highest BCUT2D eigenvalue weighted by Crippen LogP contribution is 2.37. The van der Waals surface area contributed by atoms with Crippen LogP contribution in [0.2, 0.25) is 0 Å². The van der Waals surface area contributed by atoms with Crippen molar-refractivity contribution in [2.75, 3.05) is 20.5 Å². The Bertz CT molecular complexity index is 298. The summed E-state index contributed by atoms with van der Waals surface area (Å²) in [6.45, 7) is 2.18. The van der Waals surface area contributed by atoms with E-state index in [1.165, 1.54) is 5.56 Å². The molecule has 0 bridgehead atoms. The Morgan fingerprint density at radius 2 is 1.93 bits per heavy atom. The van der Waals surface area contributed by atoms with Crippen molar-refractivity contribution >= 4 is 11.8 Å². The van der Waals surface area contributed by atoms with Gasteiger partial charge in [-0.15, -0.1) is 11.8 Å². The maximum absolute atomic E-state index is 5.35. The Balaban J connectivity index is 3.16. The van der Waals surface area contributed by atoms with Gasteiger partial charge in [0.15, 0.2) is 11.5 Å². The molecule has 0 saturated heterocycles. The van der Waals surface area contributed by atoms with E-state index >= 15 is 0 Å². The molecule has 1 aromatic carbocycles. The average molecular weight is 226 g/mol. The van der Waals surface area contributed by atoms with Crippen LogP contribution in [0.15, 0.2) is 17.0 Å². The van der Waals surface area contributed by atoms with Gasteiger partial charge in [0.05, 0.1) is 19.1 Å². The summed E-state index contributed by atoms with van der Waals surface area (Å²) in [4.78, 5) is 1.14. The molecule has 3 heteroatoms. The lowest BCUT2D eigenvalue weighted by Crippen LogP contribution is -1.95. The highest BCUT2D eigenvalue weighted by atomic mass is 32.2. The molecule has 2 nitrogen and oxygen atoms in total. The molecule has 0 amide bonds. The summed E-state index contributed by atoms with van der Waals surface area (Å²) in [7, 11) is 3.36. The molecule has 0 saturated carbocycles. The summed E-state index contributed by atoms with van der Waals surface area (Å²) >= 11 is 1.68. The van der Waals surface area contributed by atoms with E-state index in [-0.39, 0.29) is 0 Å². The van der Waals surface area contributed by atoms with Gasteiger partial charge in [0.25, 0.3) is 0 Å². The van der Waals surface area contributed by atoms with Gasteiger partial charge >= 0.3 is 0 Å². The van der Waals surface area contributed by atoms with Crippen LogP contribution in [-0.4, -0.2) is 20.5 Å². The van der Waals surface area contributed by atoms with Crippen LogP contribution in [-0.2, 0) is 6.42 Å². The van der Waals surface area contributed by atoms with Crippen LogP contribution >= 0.6 is 11.8 Å². The van der Waals surface area contributed by atoms with Crippen LogP contribution in [0.1, 0.15) is 18.9 Å². The van der Waals surface area contributed by atoms with E-state index in [9.17, 15) is 0 Å². The van der Waals surface area contributed by atoms with Gasteiger partial charge in [-0.1, -0.05) is 13.3 Å². The van der Waals surface area contributed by atoms with Crippen LogP contribution in [0, 0.1) is 0 Å². The fourth-order valence-corrected chi connectivity index (χ4v) is 2.21. The standard InChI is InChI=1S/C12H18O2S/c1-5-6-9-7-10(13-2)12(14-3)11(8-9)15-4/h7-8H,5-6H2,1-4H3. The summed E-state index contributed by atoms with van der Waals surface area (Å²) in [5.74, 6) is 1.66. The molecule has 0 aliphatic heterocycles. The van der Waals surface area contributed by atoms with E-state index in [1.54, 1.807) is 26.0 Å². The van der Waals surface area contributed by atoms with Crippen molar-refractivity contribution in [3.63, 3.8) is 0 Å². The van der Waals surface area contributed by atoms with Crippen molar-refractivity contribution in [3.8, 4) is 11.5 Å². The molecule has 0 fully saturated rings. The van der Waals surface area contributed by atoms with Crippen molar-refractivity contribution in [1.29, 1.82) is 0 Å². The third-order valence-corrected chi connectivity index (χ3v) is 3.01. The first-order valence-electron chi connectivity index (χ1n) is 5.05. The van der Waals surface area contributed by atoms with Gasteiger partial charge in [-0.3, -0.25) is 0 Å². The van der Waals surface area contributed by atoms with Crippen LogP contribution in [0.4, 0.5) is 0 Å². The van der Waals surface area contributed by atoms with Gasteiger partial charge in [-0.05, 0) is 30.4 Å². The van der Waals surface area contributed by atoms with E-state index in [4.69, 9.17) is 9.47 Å². The largest absolute Gasteiger partial charge is 0.493 e. The first-order chi connectivity index (χ1) is 7.26. The van der Waals surface area contributed by atoms with Gasteiger partial charge in [-0.25, -0.2) is 0 Å². The molecule has 84 valence electrons. The van der Waals surface area contributed by atoms with Crippen LogP contribution in [0.3, 0.4) is 0 Å². The van der Waals surface area contributed by atoms with Gasteiger partial charge in [0.2, 0.25) is 0 Å². The van der Waals surface area contributed by atoms with Crippen LogP contribution in [0.5, 0.6) is 11.5 Å². The molecule has 0 spiro atoms. The third kappa shape index (κ3) is 2.81. The molecule has 0 atom stereocenters. The maximum atomic E-state index is 5.35. The first-order valence-corrected chi connectivity index (χ1v) is 6.28. The Hall–Kier alpha value is -0.830. The number of aryl methyl sites for hydroxylation is 1. The van der Waals surface area contributed by atoms with Crippen molar-refractivity contribution in [1.82, 2.24) is 0 Å². The fourth-order valence-electron chi connectivity index (χ4n) is 1.57. The lowest BCUT2D eigenvalue weighted by atomic mass is 10.1. The van der Waals surface area contributed by atoms with Gasteiger partial charge in [-0.2, -0.15) is 0 Å². The Morgan fingerprint density at radius 3 is 2.40 bits per heavy atom. The molecule has 0 N–H and O–H groups in total. The van der Waals surface area contributed by atoms with Crippen molar-refractivity contribution in [2.45, 2.75) is 24.7 Å². The SMILES string of the molecule is CCCc1cc(OC)c(OC)c(SC)c1.